The van der Waals surface area contributed by atoms with Crippen molar-refractivity contribution in [2.45, 2.75) is 118 Å². The van der Waals surface area contributed by atoms with Crippen LogP contribution in [0.3, 0.4) is 0 Å². The van der Waals surface area contributed by atoms with E-state index in [-0.39, 0.29) is 12.2 Å². The van der Waals surface area contributed by atoms with Crippen LogP contribution in [0.15, 0.2) is 42.0 Å². The van der Waals surface area contributed by atoms with E-state index in [1.165, 1.54) is 63.4 Å². The molecule has 3 heteroatoms. The Morgan fingerprint density at radius 2 is 1.79 bits per heavy atom. The predicted molar refractivity (Wildman–Crippen MR) is 161 cm³/mol. The molecule has 39 heavy (non-hydrogen) atoms. The van der Waals surface area contributed by atoms with Crippen LogP contribution >= 0.6 is 0 Å². The maximum atomic E-state index is 12.6. The molecule has 4 aliphatic carbocycles. The zero-order valence-electron chi connectivity index (χ0n) is 25.5. The van der Waals surface area contributed by atoms with Crippen molar-refractivity contribution in [2.75, 3.05) is 6.54 Å². The molecule has 1 aromatic carbocycles. The molecule has 0 bridgehead atoms. The van der Waals surface area contributed by atoms with E-state index < -0.39 is 0 Å². The zero-order valence-corrected chi connectivity index (χ0v) is 25.5. The predicted octanol–water partition coefficient (Wildman–Crippen LogP) is 9.37. The average molecular weight is 534 g/mol. The fourth-order valence-electron chi connectivity index (χ4n) is 9.90. The molecule has 5 rings (SSSR count). The van der Waals surface area contributed by atoms with Crippen LogP contribution in [0.5, 0.6) is 0 Å². The van der Waals surface area contributed by atoms with E-state index in [4.69, 9.17) is 4.74 Å². The molecule has 0 heterocycles. The standard InChI is InChI=1S/C36H55NO2/c1-25(2)10-9-11-26(3)31-16-17-32-30-15-14-28-24-29(18-21-35(28,4)33(30)19-22-36(31,32)5)39-34(38)37-23-20-27-12-7-6-8-13-27/h6-8,12-14,25-26,29-33H,9-11,15-24H2,1-5H3,(H,37,38)/t26-,29+,30+,31?,32?,33+,35+,36-/m1/s1. The fraction of sp³-hybridized carbons (Fsp3) is 0.750. The summed E-state index contributed by atoms with van der Waals surface area (Å²) in [6.45, 7) is 13.2. The van der Waals surface area contributed by atoms with Crippen LogP contribution in [0, 0.1) is 46.3 Å². The lowest BCUT2D eigenvalue weighted by molar-refractivity contribution is -0.0581. The highest BCUT2D eigenvalue weighted by molar-refractivity contribution is 5.67. The fourth-order valence-corrected chi connectivity index (χ4v) is 9.90. The molecule has 3 saturated carbocycles. The molecule has 0 spiro atoms. The summed E-state index contributed by atoms with van der Waals surface area (Å²) in [7, 11) is 0. The first-order chi connectivity index (χ1) is 18.7. The molecule has 1 aromatic rings. The first kappa shape index (κ1) is 28.7. The second-order valence-electron chi connectivity index (χ2n) is 14.7. The van der Waals surface area contributed by atoms with Gasteiger partial charge < -0.3 is 10.1 Å². The average Bonchev–Trinajstić information content (AvgIpc) is 3.26. The Bertz CT molecular complexity index is 1000. The van der Waals surface area contributed by atoms with Gasteiger partial charge in [0, 0.05) is 13.0 Å². The van der Waals surface area contributed by atoms with E-state index in [0.717, 1.165) is 54.8 Å². The summed E-state index contributed by atoms with van der Waals surface area (Å²) in [6, 6.07) is 10.3. The second-order valence-corrected chi connectivity index (χ2v) is 14.7. The smallest absolute Gasteiger partial charge is 0.407 e. The van der Waals surface area contributed by atoms with Gasteiger partial charge in [-0.1, -0.05) is 95.9 Å². The van der Waals surface area contributed by atoms with Gasteiger partial charge in [-0.3, -0.25) is 0 Å². The summed E-state index contributed by atoms with van der Waals surface area (Å²) < 4.78 is 5.94. The van der Waals surface area contributed by atoms with Gasteiger partial charge in [0.2, 0.25) is 0 Å². The van der Waals surface area contributed by atoms with Gasteiger partial charge in [0.25, 0.3) is 0 Å². The number of carbonyl (C=O) groups excluding carboxylic acids is 1. The van der Waals surface area contributed by atoms with Gasteiger partial charge in [0.05, 0.1) is 0 Å². The third kappa shape index (κ3) is 5.98. The van der Waals surface area contributed by atoms with Crippen LogP contribution in [0.1, 0.15) is 111 Å². The van der Waals surface area contributed by atoms with Crippen LogP contribution in [0.2, 0.25) is 0 Å². The highest BCUT2D eigenvalue weighted by atomic mass is 16.6. The number of hydrogen-bond donors (Lipinski definition) is 1. The van der Waals surface area contributed by atoms with Gasteiger partial charge >= 0.3 is 6.09 Å². The lowest BCUT2D eigenvalue weighted by Gasteiger charge is -2.58. The van der Waals surface area contributed by atoms with E-state index in [9.17, 15) is 4.79 Å². The van der Waals surface area contributed by atoms with Crippen molar-refractivity contribution in [3.8, 4) is 0 Å². The number of benzene rings is 1. The molecule has 1 amide bonds. The quantitative estimate of drug-likeness (QED) is 0.321. The molecule has 0 radical (unpaired) electrons. The Labute approximate surface area is 238 Å². The lowest BCUT2D eigenvalue weighted by Crippen LogP contribution is -2.51. The summed E-state index contributed by atoms with van der Waals surface area (Å²) in [6.07, 6.45) is 17.5. The van der Waals surface area contributed by atoms with Crippen LogP contribution in [0.4, 0.5) is 4.79 Å². The summed E-state index contributed by atoms with van der Waals surface area (Å²) in [4.78, 5) is 12.6. The van der Waals surface area contributed by atoms with E-state index in [1.807, 2.05) is 18.2 Å². The third-order valence-corrected chi connectivity index (χ3v) is 12.1. The molecule has 4 aliphatic rings. The summed E-state index contributed by atoms with van der Waals surface area (Å²) >= 11 is 0. The minimum absolute atomic E-state index is 0.0222. The summed E-state index contributed by atoms with van der Waals surface area (Å²) in [5, 5.41) is 2.99. The van der Waals surface area contributed by atoms with E-state index in [2.05, 4.69) is 58.1 Å². The maximum Gasteiger partial charge on any atom is 0.407 e. The van der Waals surface area contributed by atoms with Crippen LogP contribution in [-0.2, 0) is 11.2 Å². The monoisotopic (exact) mass is 533 g/mol. The van der Waals surface area contributed by atoms with E-state index >= 15 is 0 Å². The van der Waals surface area contributed by atoms with Crippen molar-refractivity contribution in [3.63, 3.8) is 0 Å². The number of amides is 1. The minimum Gasteiger partial charge on any atom is -0.446 e. The van der Waals surface area contributed by atoms with E-state index in [0.29, 0.717) is 17.4 Å². The number of hydrogen-bond acceptors (Lipinski definition) is 2. The van der Waals surface area contributed by atoms with E-state index in [1.54, 1.807) is 5.57 Å². The van der Waals surface area contributed by atoms with Crippen LogP contribution in [0.25, 0.3) is 0 Å². The minimum atomic E-state index is -0.248. The highest BCUT2D eigenvalue weighted by Crippen LogP contribution is 2.67. The maximum absolute atomic E-state index is 12.6. The molecule has 216 valence electrons. The molecule has 3 fully saturated rings. The van der Waals surface area contributed by atoms with Crippen LogP contribution < -0.4 is 5.32 Å². The number of nitrogens with one attached hydrogen (secondary N) is 1. The molecule has 0 aromatic heterocycles. The Hall–Kier alpha value is -1.77. The van der Waals surface area contributed by atoms with Crippen molar-refractivity contribution < 1.29 is 9.53 Å². The van der Waals surface area contributed by atoms with Gasteiger partial charge in [-0.2, -0.15) is 0 Å². The molecule has 8 atom stereocenters. The first-order valence-electron chi connectivity index (χ1n) is 16.4. The number of carbonyl (C=O) groups is 1. The molecule has 3 nitrogen and oxygen atoms in total. The second kappa shape index (κ2) is 12.0. The summed E-state index contributed by atoms with van der Waals surface area (Å²) in [5.74, 6) is 5.17. The van der Waals surface area contributed by atoms with Gasteiger partial charge in [0.15, 0.2) is 0 Å². The lowest BCUT2D eigenvalue weighted by atomic mass is 9.47. The third-order valence-electron chi connectivity index (χ3n) is 12.1. The number of alkyl carbamates (subject to hydrolysis) is 1. The molecule has 0 aliphatic heterocycles. The highest BCUT2D eigenvalue weighted by Gasteiger charge is 2.59. The molecule has 1 N–H and O–H groups in total. The van der Waals surface area contributed by atoms with Gasteiger partial charge in [-0.25, -0.2) is 4.79 Å². The van der Waals surface area contributed by atoms with Crippen molar-refractivity contribution in [1.29, 1.82) is 0 Å². The van der Waals surface area contributed by atoms with Gasteiger partial charge in [-0.05, 0) is 103 Å². The number of allylic oxidation sites excluding steroid dienone is 1. The van der Waals surface area contributed by atoms with Crippen molar-refractivity contribution in [1.82, 2.24) is 5.32 Å². The van der Waals surface area contributed by atoms with Crippen molar-refractivity contribution >= 4 is 6.09 Å². The summed E-state index contributed by atoms with van der Waals surface area (Å²) in [5.41, 5.74) is 3.68. The normalized spacial score (nSPS) is 36.4. The van der Waals surface area contributed by atoms with Crippen molar-refractivity contribution in [3.05, 3.63) is 47.5 Å². The zero-order chi connectivity index (χ0) is 27.6. The molecule has 2 unspecified atom stereocenters. The number of rotatable bonds is 9. The molecule has 0 saturated heterocycles. The Morgan fingerprint density at radius 1 is 1.00 bits per heavy atom. The SMILES string of the molecule is CC(C)CCC[C@@H](C)C1CCC2[C@@H]3CC=C4C[C@@H](OC(=O)NCCc5ccccc5)CC[C@]4(C)[C@H]3CC[C@]12C. The van der Waals surface area contributed by atoms with Crippen molar-refractivity contribution in [2.24, 2.45) is 46.3 Å². The van der Waals surface area contributed by atoms with Crippen LogP contribution in [-0.4, -0.2) is 18.7 Å². The Morgan fingerprint density at radius 3 is 2.56 bits per heavy atom. The first-order valence-corrected chi connectivity index (χ1v) is 16.4. The van der Waals surface area contributed by atoms with Gasteiger partial charge in [-0.15, -0.1) is 0 Å². The van der Waals surface area contributed by atoms with Gasteiger partial charge in [0.1, 0.15) is 6.10 Å². The Kier molecular flexibility index (Phi) is 8.84. The number of fused-ring (bicyclic) bond motifs is 5. The number of ether oxygens (including phenoxy) is 1. The Balaban J connectivity index is 1.16. The topological polar surface area (TPSA) is 38.3 Å². The largest absolute Gasteiger partial charge is 0.446 e. The molecular formula is C36H55NO2. The molecular weight excluding hydrogens is 478 g/mol.